The van der Waals surface area contributed by atoms with Gasteiger partial charge in [-0.25, -0.2) is 13.2 Å². The molecule has 106 valence electrons. The minimum atomic E-state index is -2.88. The van der Waals surface area contributed by atoms with Gasteiger partial charge in [0.05, 0.1) is 0 Å². The van der Waals surface area contributed by atoms with Crippen LogP contribution >= 0.6 is 11.8 Å². The van der Waals surface area contributed by atoms with Gasteiger partial charge in [-0.05, 0) is 12.8 Å². The molecule has 1 aromatic rings. The largest absolute Gasteiger partial charge is 0.282 e. The van der Waals surface area contributed by atoms with Crippen molar-refractivity contribution in [2.75, 3.05) is 5.75 Å². The van der Waals surface area contributed by atoms with Crippen LogP contribution in [0.25, 0.3) is 0 Å². The molecule has 1 rings (SSSR count). The molecule has 0 heterocycles. The van der Waals surface area contributed by atoms with Gasteiger partial charge in [0.15, 0.2) is 6.17 Å². The Kier molecular flexibility index (Phi) is 7.63. The summed E-state index contributed by atoms with van der Waals surface area (Å²) in [5, 5.41) is 0.0107. The van der Waals surface area contributed by atoms with E-state index in [1.165, 1.54) is 11.8 Å². The lowest BCUT2D eigenvalue weighted by Gasteiger charge is -2.06. The number of hydrogen-bond acceptors (Lipinski definition) is 2. The SMILES string of the molecule is O=C(SCCCCCC(F)C(F)F)c1ccccc1. The third-order valence-corrected chi connectivity index (χ3v) is 3.63. The maximum Gasteiger partial charge on any atom is 0.269 e. The number of carbonyl (C=O) groups is 1. The van der Waals surface area contributed by atoms with Crippen molar-refractivity contribution in [1.29, 1.82) is 0 Å². The molecule has 0 radical (unpaired) electrons. The zero-order valence-electron chi connectivity index (χ0n) is 10.5. The van der Waals surface area contributed by atoms with E-state index in [1.807, 2.05) is 6.07 Å². The van der Waals surface area contributed by atoms with E-state index < -0.39 is 12.6 Å². The van der Waals surface area contributed by atoms with Crippen LogP contribution in [-0.2, 0) is 0 Å². The first kappa shape index (κ1) is 16.1. The van der Waals surface area contributed by atoms with Crippen molar-refractivity contribution < 1.29 is 18.0 Å². The van der Waals surface area contributed by atoms with Gasteiger partial charge < -0.3 is 0 Å². The molecule has 0 saturated carbocycles. The molecule has 0 N–H and O–H groups in total. The summed E-state index contributed by atoms with van der Waals surface area (Å²) < 4.78 is 36.3. The number of rotatable bonds is 8. The standard InChI is InChI=1S/C14H17F3OS/c15-12(13(16)17)9-5-2-6-10-19-14(18)11-7-3-1-4-8-11/h1,3-4,7-8,12-13H,2,5-6,9-10H2. The number of benzene rings is 1. The van der Waals surface area contributed by atoms with Gasteiger partial charge in [-0.3, -0.25) is 4.79 Å². The van der Waals surface area contributed by atoms with E-state index in [1.54, 1.807) is 24.3 Å². The van der Waals surface area contributed by atoms with Crippen molar-refractivity contribution in [3.05, 3.63) is 35.9 Å². The summed E-state index contributed by atoms with van der Waals surface area (Å²) in [6, 6.07) is 8.97. The maximum atomic E-state index is 12.6. The average Bonchev–Trinajstić information content (AvgIpc) is 2.42. The van der Waals surface area contributed by atoms with E-state index in [9.17, 15) is 18.0 Å². The lowest BCUT2D eigenvalue weighted by molar-refractivity contribution is 0.0441. The molecule has 1 atom stereocenters. The first-order chi connectivity index (χ1) is 9.11. The molecule has 5 heteroatoms. The summed E-state index contributed by atoms with van der Waals surface area (Å²) in [4.78, 5) is 11.7. The quantitative estimate of drug-likeness (QED) is 0.644. The van der Waals surface area contributed by atoms with Gasteiger partial charge in [0.2, 0.25) is 5.12 Å². The molecule has 0 aliphatic heterocycles. The van der Waals surface area contributed by atoms with Gasteiger partial charge >= 0.3 is 0 Å². The average molecular weight is 290 g/mol. The highest BCUT2D eigenvalue weighted by molar-refractivity contribution is 8.14. The van der Waals surface area contributed by atoms with Crippen LogP contribution in [0.4, 0.5) is 13.2 Å². The number of carbonyl (C=O) groups excluding carboxylic acids is 1. The Labute approximate surface area is 115 Å². The third kappa shape index (κ3) is 6.66. The zero-order valence-corrected chi connectivity index (χ0v) is 11.3. The van der Waals surface area contributed by atoms with E-state index in [2.05, 4.69) is 0 Å². The van der Waals surface area contributed by atoms with Gasteiger partial charge in [-0.2, -0.15) is 0 Å². The van der Waals surface area contributed by atoms with Crippen LogP contribution in [0.15, 0.2) is 30.3 Å². The first-order valence-electron chi connectivity index (χ1n) is 6.25. The molecule has 0 aliphatic carbocycles. The maximum absolute atomic E-state index is 12.6. The van der Waals surface area contributed by atoms with Gasteiger partial charge in [0, 0.05) is 11.3 Å². The van der Waals surface area contributed by atoms with Gasteiger partial charge in [-0.15, -0.1) is 0 Å². The first-order valence-corrected chi connectivity index (χ1v) is 7.24. The highest BCUT2D eigenvalue weighted by atomic mass is 32.2. The molecule has 0 aromatic heterocycles. The smallest absolute Gasteiger partial charge is 0.269 e. The van der Waals surface area contributed by atoms with Crippen molar-refractivity contribution in [2.45, 2.75) is 38.3 Å². The fraction of sp³-hybridized carbons (Fsp3) is 0.500. The summed E-state index contributed by atoms with van der Waals surface area (Å²) in [7, 11) is 0. The molecule has 0 saturated heterocycles. The van der Waals surface area contributed by atoms with Crippen LogP contribution in [0, 0.1) is 0 Å². The highest BCUT2D eigenvalue weighted by Gasteiger charge is 2.17. The van der Waals surface area contributed by atoms with E-state index in [4.69, 9.17) is 0 Å². The van der Waals surface area contributed by atoms with E-state index in [-0.39, 0.29) is 11.5 Å². The number of unbranched alkanes of at least 4 members (excludes halogenated alkanes) is 2. The zero-order chi connectivity index (χ0) is 14.1. The molecule has 19 heavy (non-hydrogen) atoms. The van der Waals surface area contributed by atoms with E-state index in [0.717, 1.165) is 6.42 Å². The number of halogens is 3. The monoisotopic (exact) mass is 290 g/mol. The number of thioether (sulfide) groups is 1. The fourth-order valence-electron chi connectivity index (χ4n) is 1.57. The minimum absolute atomic E-state index is 0.0107. The Morgan fingerprint density at radius 1 is 1.05 bits per heavy atom. The van der Waals surface area contributed by atoms with Crippen molar-refractivity contribution in [1.82, 2.24) is 0 Å². The Morgan fingerprint density at radius 3 is 2.37 bits per heavy atom. The van der Waals surface area contributed by atoms with Crippen LogP contribution in [0.3, 0.4) is 0 Å². The Bertz CT molecular complexity index is 370. The summed E-state index contributed by atoms with van der Waals surface area (Å²) >= 11 is 1.21. The predicted octanol–water partition coefficient (Wildman–Crippen LogP) is 4.72. The Morgan fingerprint density at radius 2 is 1.74 bits per heavy atom. The van der Waals surface area contributed by atoms with Crippen molar-refractivity contribution in [2.24, 2.45) is 0 Å². The molecule has 0 bridgehead atoms. The van der Waals surface area contributed by atoms with Crippen molar-refractivity contribution >= 4 is 16.9 Å². The Balaban J connectivity index is 2.07. The predicted molar refractivity (Wildman–Crippen MR) is 72.6 cm³/mol. The fourth-order valence-corrected chi connectivity index (χ4v) is 2.40. The van der Waals surface area contributed by atoms with Crippen LogP contribution in [0.5, 0.6) is 0 Å². The molecule has 0 fully saturated rings. The second-order valence-electron chi connectivity index (χ2n) is 4.20. The third-order valence-electron chi connectivity index (χ3n) is 2.64. The lowest BCUT2D eigenvalue weighted by Crippen LogP contribution is -2.11. The van der Waals surface area contributed by atoms with E-state index in [0.29, 0.717) is 24.2 Å². The summed E-state index contributed by atoms with van der Waals surface area (Å²) in [6.07, 6.45) is -3.16. The Hall–Kier alpha value is -0.970. The van der Waals surface area contributed by atoms with Crippen molar-refractivity contribution in [3.63, 3.8) is 0 Å². The summed E-state index contributed by atoms with van der Waals surface area (Å²) in [6.45, 7) is 0. The normalized spacial score (nSPS) is 12.6. The molecule has 0 aliphatic rings. The van der Waals surface area contributed by atoms with Gasteiger partial charge in [0.25, 0.3) is 6.43 Å². The molecular formula is C14H17F3OS. The van der Waals surface area contributed by atoms with Gasteiger partial charge in [0.1, 0.15) is 0 Å². The molecule has 1 unspecified atom stereocenters. The van der Waals surface area contributed by atoms with Crippen molar-refractivity contribution in [3.8, 4) is 0 Å². The molecule has 1 nitrogen and oxygen atoms in total. The number of alkyl halides is 3. The second-order valence-corrected chi connectivity index (χ2v) is 5.27. The number of hydrogen-bond donors (Lipinski definition) is 0. The molecule has 0 spiro atoms. The summed E-state index contributed by atoms with van der Waals surface area (Å²) in [5.74, 6) is 0.638. The minimum Gasteiger partial charge on any atom is -0.282 e. The second kappa shape index (κ2) is 9.02. The summed E-state index contributed by atoms with van der Waals surface area (Å²) in [5.41, 5.74) is 0.661. The van der Waals surface area contributed by atoms with Crippen LogP contribution in [0.1, 0.15) is 36.0 Å². The molecule has 1 aromatic carbocycles. The topological polar surface area (TPSA) is 17.1 Å². The van der Waals surface area contributed by atoms with Crippen LogP contribution in [0.2, 0.25) is 0 Å². The highest BCUT2D eigenvalue weighted by Crippen LogP contribution is 2.17. The molecular weight excluding hydrogens is 273 g/mol. The van der Waals surface area contributed by atoms with Crippen LogP contribution < -0.4 is 0 Å². The van der Waals surface area contributed by atoms with Gasteiger partial charge in [-0.1, -0.05) is 54.9 Å². The lowest BCUT2D eigenvalue weighted by atomic mass is 10.1. The molecule has 0 amide bonds. The van der Waals surface area contributed by atoms with Crippen LogP contribution in [-0.4, -0.2) is 23.5 Å². The van der Waals surface area contributed by atoms with E-state index >= 15 is 0 Å².